The average Bonchev–Trinajstić information content (AvgIpc) is 2.48. The summed E-state index contributed by atoms with van der Waals surface area (Å²) in [7, 11) is 1.25. The van der Waals surface area contributed by atoms with Gasteiger partial charge in [0.1, 0.15) is 5.56 Å². The molecule has 22 heavy (non-hydrogen) atoms. The number of hydrogen-bond donors (Lipinski definition) is 2. The number of pyridine rings is 1. The van der Waals surface area contributed by atoms with Gasteiger partial charge in [-0.2, -0.15) is 0 Å². The third-order valence-electron chi connectivity index (χ3n) is 3.03. The summed E-state index contributed by atoms with van der Waals surface area (Å²) in [5.41, 5.74) is 0.472. The standard InChI is InChI=1S/C15H13ClN2O4/c1-8-5-6-17-13(19)12(8)14(20)18-11-7-9(15(21)22-2)3-4-10(11)16/h3-7H,1-2H3,(H,17,19)(H,18,20). The SMILES string of the molecule is COC(=O)c1ccc(Cl)c(NC(=O)c2c(C)cc[nH]c2=O)c1. The van der Waals surface area contributed by atoms with Crippen molar-refractivity contribution in [2.24, 2.45) is 0 Å². The van der Waals surface area contributed by atoms with Crippen LogP contribution in [0.2, 0.25) is 5.02 Å². The highest BCUT2D eigenvalue weighted by atomic mass is 35.5. The number of H-pyrrole nitrogens is 1. The van der Waals surface area contributed by atoms with Crippen LogP contribution < -0.4 is 10.9 Å². The summed E-state index contributed by atoms with van der Waals surface area (Å²) < 4.78 is 4.61. The topological polar surface area (TPSA) is 88.3 Å². The number of aromatic nitrogens is 1. The number of anilines is 1. The van der Waals surface area contributed by atoms with Gasteiger partial charge < -0.3 is 15.0 Å². The molecule has 0 aliphatic rings. The Labute approximate surface area is 131 Å². The van der Waals surface area contributed by atoms with Crippen LogP contribution >= 0.6 is 11.6 Å². The molecule has 0 bridgehead atoms. The number of carbonyl (C=O) groups is 2. The maximum absolute atomic E-state index is 12.3. The molecule has 114 valence electrons. The second-order valence-electron chi connectivity index (χ2n) is 4.51. The Morgan fingerprint density at radius 2 is 2.00 bits per heavy atom. The zero-order valence-electron chi connectivity index (χ0n) is 11.9. The lowest BCUT2D eigenvalue weighted by Crippen LogP contribution is -2.24. The molecule has 0 atom stereocenters. The summed E-state index contributed by atoms with van der Waals surface area (Å²) in [5.74, 6) is -1.16. The third-order valence-corrected chi connectivity index (χ3v) is 3.36. The molecule has 2 rings (SSSR count). The number of aromatic amines is 1. The molecule has 0 radical (unpaired) electrons. The van der Waals surface area contributed by atoms with Gasteiger partial charge in [0.05, 0.1) is 23.4 Å². The maximum atomic E-state index is 12.3. The van der Waals surface area contributed by atoms with Crippen LogP contribution in [0.1, 0.15) is 26.3 Å². The van der Waals surface area contributed by atoms with E-state index in [-0.39, 0.29) is 21.8 Å². The van der Waals surface area contributed by atoms with Crippen LogP contribution in [-0.2, 0) is 4.74 Å². The number of rotatable bonds is 3. The zero-order chi connectivity index (χ0) is 16.3. The van der Waals surface area contributed by atoms with Gasteiger partial charge in [-0.3, -0.25) is 9.59 Å². The molecule has 2 N–H and O–H groups in total. The summed E-state index contributed by atoms with van der Waals surface area (Å²) in [6, 6.07) is 5.94. The smallest absolute Gasteiger partial charge is 0.337 e. The summed E-state index contributed by atoms with van der Waals surface area (Å²) in [6.07, 6.45) is 1.46. The molecule has 1 amide bonds. The van der Waals surface area contributed by atoms with Crippen LogP contribution in [0.5, 0.6) is 0 Å². The van der Waals surface area contributed by atoms with Crippen LogP contribution in [0, 0.1) is 6.92 Å². The fourth-order valence-electron chi connectivity index (χ4n) is 1.91. The van der Waals surface area contributed by atoms with Crippen molar-refractivity contribution in [1.82, 2.24) is 4.98 Å². The largest absolute Gasteiger partial charge is 0.465 e. The Bertz CT molecular complexity index is 798. The average molecular weight is 321 g/mol. The predicted octanol–water partition coefficient (Wildman–Crippen LogP) is 2.38. The molecule has 7 heteroatoms. The van der Waals surface area contributed by atoms with Gasteiger partial charge in [0.15, 0.2) is 0 Å². The molecular formula is C15H13ClN2O4. The first-order valence-electron chi connectivity index (χ1n) is 6.31. The highest BCUT2D eigenvalue weighted by Crippen LogP contribution is 2.24. The fourth-order valence-corrected chi connectivity index (χ4v) is 2.07. The molecule has 2 aromatic rings. The van der Waals surface area contributed by atoms with Crippen molar-refractivity contribution >= 4 is 29.2 Å². The third kappa shape index (κ3) is 3.17. The van der Waals surface area contributed by atoms with Gasteiger partial charge in [-0.1, -0.05) is 11.6 Å². The van der Waals surface area contributed by atoms with Crippen molar-refractivity contribution in [3.05, 3.63) is 62.5 Å². The van der Waals surface area contributed by atoms with Gasteiger partial charge in [-0.15, -0.1) is 0 Å². The molecule has 0 spiro atoms. The number of ether oxygens (including phenoxy) is 1. The van der Waals surface area contributed by atoms with E-state index in [1.807, 2.05) is 0 Å². The number of halogens is 1. The van der Waals surface area contributed by atoms with E-state index in [1.165, 1.54) is 31.5 Å². The normalized spacial score (nSPS) is 10.1. The number of carbonyl (C=O) groups excluding carboxylic acids is 2. The Morgan fingerprint density at radius 3 is 2.64 bits per heavy atom. The number of nitrogens with one attached hydrogen (secondary N) is 2. The van der Waals surface area contributed by atoms with E-state index < -0.39 is 17.4 Å². The van der Waals surface area contributed by atoms with E-state index in [0.29, 0.717) is 5.56 Å². The molecule has 1 aromatic heterocycles. The molecule has 0 aliphatic heterocycles. The summed E-state index contributed by atoms with van der Waals surface area (Å²) in [4.78, 5) is 38.0. The van der Waals surface area contributed by atoms with Gasteiger partial charge in [-0.05, 0) is 36.8 Å². The summed E-state index contributed by atoms with van der Waals surface area (Å²) in [5, 5.41) is 2.77. The highest BCUT2D eigenvalue weighted by Gasteiger charge is 2.16. The Morgan fingerprint density at radius 1 is 1.27 bits per heavy atom. The summed E-state index contributed by atoms with van der Waals surface area (Å²) >= 11 is 6.00. The van der Waals surface area contributed by atoms with Crippen molar-refractivity contribution in [2.45, 2.75) is 6.92 Å². The molecular weight excluding hydrogens is 308 g/mol. The molecule has 1 aromatic carbocycles. The molecule has 0 unspecified atom stereocenters. The maximum Gasteiger partial charge on any atom is 0.337 e. The summed E-state index contributed by atoms with van der Waals surface area (Å²) in [6.45, 7) is 1.65. The lowest BCUT2D eigenvalue weighted by atomic mass is 10.1. The minimum absolute atomic E-state index is 0.0120. The molecule has 6 nitrogen and oxygen atoms in total. The second kappa shape index (κ2) is 6.44. The van der Waals surface area contributed by atoms with Gasteiger partial charge in [0, 0.05) is 6.20 Å². The first-order chi connectivity index (χ1) is 10.4. The highest BCUT2D eigenvalue weighted by molar-refractivity contribution is 6.34. The minimum Gasteiger partial charge on any atom is -0.465 e. The van der Waals surface area contributed by atoms with E-state index in [0.717, 1.165) is 0 Å². The van der Waals surface area contributed by atoms with Crippen molar-refractivity contribution in [1.29, 1.82) is 0 Å². The van der Waals surface area contributed by atoms with Crippen molar-refractivity contribution in [3.8, 4) is 0 Å². The molecule has 0 fully saturated rings. The first-order valence-corrected chi connectivity index (χ1v) is 6.69. The minimum atomic E-state index is -0.608. The fraction of sp³-hybridized carbons (Fsp3) is 0.133. The van der Waals surface area contributed by atoms with Gasteiger partial charge in [0.2, 0.25) is 0 Å². The van der Waals surface area contributed by atoms with E-state index in [4.69, 9.17) is 11.6 Å². The van der Waals surface area contributed by atoms with Crippen LogP contribution in [0.15, 0.2) is 35.3 Å². The van der Waals surface area contributed by atoms with Gasteiger partial charge in [-0.25, -0.2) is 4.79 Å². The molecule has 1 heterocycles. The van der Waals surface area contributed by atoms with Crippen molar-refractivity contribution in [3.63, 3.8) is 0 Å². The van der Waals surface area contributed by atoms with Crippen LogP contribution in [0.3, 0.4) is 0 Å². The van der Waals surface area contributed by atoms with Crippen LogP contribution in [-0.4, -0.2) is 24.0 Å². The quantitative estimate of drug-likeness (QED) is 0.850. The Kier molecular flexibility index (Phi) is 4.62. The van der Waals surface area contributed by atoms with Crippen LogP contribution in [0.4, 0.5) is 5.69 Å². The second-order valence-corrected chi connectivity index (χ2v) is 4.91. The molecule has 0 aliphatic carbocycles. The Hall–Kier alpha value is -2.60. The number of benzene rings is 1. The van der Waals surface area contributed by atoms with Crippen molar-refractivity contribution in [2.75, 3.05) is 12.4 Å². The van der Waals surface area contributed by atoms with E-state index >= 15 is 0 Å². The van der Waals surface area contributed by atoms with Crippen LogP contribution in [0.25, 0.3) is 0 Å². The number of methoxy groups -OCH3 is 1. The molecule has 0 saturated carbocycles. The monoisotopic (exact) mass is 320 g/mol. The zero-order valence-corrected chi connectivity index (χ0v) is 12.7. The van der Waals surface area contributed by atoms with E-state index in [9.17, 15) is 14.4 Å². The van der Waals surface area contributed by atoms with Gasteiger partial charge >= 0.3 is 5.97 Å². The first kappa shape index (κ1) is 15.8. The van der Waals surface area contributed by atoms with Crippen molar-refractivity contribution < 1.29 is 14.3 Å². The number of esters is 1. The lowest BCUT2D eigenvalue weighted by Gasteiger charge is -2.09. The van der Waals surface area contributed by atoms with E-state index in [1.54, 1.807) is 13.0 Å². The van der Waals surface area contributed by atoms with Gasteiger partial charge in [0.25, 0.3) is 11.5 Å². The molecule has 0 saturated heterocycles. The number of hydrogen-bond acceptors (Lipinski definition) is 4. The number of amides is 1. The Balaban J connectivity index is 2.36. The lowest BCUT2D eigenvalue weighted by molar-refractivity contribution is 0.0600. The predicted molar refractivity (Wildman–Crippen MR) is 82.5 cm³/mol. The number of aryl methyl sites for hydroxylation is 1. The van der Waals surface area contributed by atoms with E-state index in [2.05, 4.69) is 15.0 Å².